The summed E-state index contributed by atoms with van der Waals surface area (Å²) in [6, 6.07) is 15.6. The second kappa shape index (κ2) is 9.52. The van der Waals surface area contributed by atoms with Crippen molar-refractivity contribution in [3.05, 3.63) is 59.7 Å². The monoisotopic (exact) mass is 343 g/mol. The minimum Gasteiger partial charge on any atom is -0.493 e. The lowest BCUT2D eigenvalue weighted by molar-refractivity contribution is 0.284. The van der Waals surface area contributed by atoms with Gasteiger partial charge in [-0.25, -0.2) is 0 Å². The minimum absolute atomic E-state index is 0.473. The van der Waals surface area contributed by atoms with Crippen LogP contribution in [0, 0.1) is 0 Å². The number of methoxy groups -OCH3 is 1. The molecule has 0 aromatic heterocycles. The highest BCUT2D eigenvalue weighted by atomic mass is 32.1. The molecule has 0 aliphatic heterocycles. The average Bonchev–Trinajstić information content (AvgIpc) is 2.61. The molecular formula is C18H21N3O2S. The van der Waals surface area contributed by atoms with Crippen LogP contribution in [0.2, 0.25) is 0 Å². The minimum atomic E-state index is 0.473. The third-order valence-corrected chi connectivity index (χ3v) is 3.38. The van der Waals surface area contributed by atoms with Gasteiger partial charge in [-0.05, 0) is 48.5 Å². The highest BCUT2D eigenvalue weighted by Crippen LogP contribution is 2.28. The molecule has 0 radical (unpaired) electrons. The number of hydrazone groups is 1. The molecule has 0 saturated heterocycles. The van der Waals surface area contributed by atoms with Crippen molar-refractivity contribution in [2.75, 3.05) is 13.7 Å². The zero-order valence-corrected chi connectivity index (χ0v) is 14.6. The van der Waals surface area contributed by atoms with E-state index < -0.39 is 0 Å². The van der Waals surface area contributed by atoms with E-state index in [9.17, 15) is 0 Å². The van der Waals surface area contributed by atoms with Gasteiger partial charge in [0.05, 0.1) is 13.3 Å². The van der Waals surface area contributed by atoms with Gasteiger partial charge in [0, 0.05) is 6.54 Å². The number of hydrogen-bond acceptors (Lipinski definition) is 4. The summed E-state index contributed by atoms with van der Waals surface area (Å²) in [4.78, 5) is 0. The van der Waals surface area contributed by atoms with Crippen molar-refractivity contribution in [1.82, 2.24) is 10.7 Å². The van der Waals surface area contributed by atoms with Crippen LogP contribution >= 0.6 is 12.2 Å². The molecule has 0 unspecified atom stereocenters. The quantitative estimate of drug-likeness (QED) is 0.460. The summed E-state index contributed by atoms with van der Waals surface area (Å²) < 4.78 is 11.2. The lowest BCUT2D eigenvalue weighted by Crippen LogP contribution is -2.31. The predicted octanol–water partition coefficient (Wildman–Crippen LogP) is 3.09. The van der Waals surface area contributed by atoms with Crippen molar-refractivity contribution in [3.63, 3.8) is 0 Å². The molecule has 0 saturated carbocycles. The summed E-state index contributed by atoms with van der Waals surface area (Å²) in [6.07, 6.45) is 1.68. The van der Waals surface area contributed by atoms with Gasteiger partial charge < -0.3 is 14.8 Å². The first-order chi connectivity index (χ1) is 11.7. The van der Waals surface area contributed by atoms with E-state index >= 15 is 0 Å². The Morgan fingerprint density at radius 3 is 2.67 bits per heavy atom. The van der Waals surface area contributed by atoms with Gasteiger partial charge in [0.1, 0.15) is 6.61 Å². The maximum atomic E-state index is 5.88. The van der Waals surface area contributed by atoms with Crippen LogP contribution in [-0.2, 0) is 6.61 Å². The Balaban J connectivity index is 2.03. The first-order valence-corrected chi connectivity index (χ1v) is 8.05. The Labute approximate surface area is 147 Å². The standard InChI is InChI=1S/C18H21N3O2S/c1-3-19-18(24)21-20-12-15-9-10-16(22-2)17(11-15)23-13-14-7-5-4-6-8-14/h4-12H,3,13H2,1-2H3,(H2,19,21,24)/b20-12+. The van der Waals surface area contributed by atoms with Crippen molar-refractivity contribution >= 4 is 23.5 Å². The molecule has 0 bridgehead atoms. The van der Waals surface area contributed by atoms with E-state index in [1.807, 2.05) is 55.5 Å². The van der Waals surface area contributed by atoms with Gasteiger partial charge in [-0.15, -0.1) is 0 Å². The second-order valence-corrected chi connectivity index (χ2v) is 5.32. The molecule has 2 N–H and O–H groups in total. The smallest absolute Gasteiger partial charge is 0.186 e. The molecule has 2 aromatic rings. The second-order valence-electron chi connectivity index (χ2n) is 4.91. The molecule has 0 atom stereocenters. The molecule has 0 amide bonds. The number of hydrogen-bond donors (Lipinski definition) is 2. The third-order valence-electron chi connectivity index (χ3n) is 3.14. The summed E-state index contributed by atoms with van der Waals surface area (Å²) in [7, 11) is 1.62. The van der Waals surface area contributed by atoms with E-state index in [0.29, 0.717) is 23.2 Å². The van der Waals surface area contributed by atoms with E-state index in [1.54, 1.807) is 13.3 Å². The fourth-order valence-corrected chi connectivity index (χ4v) is 2.18. The molecule has 2 rings (SSSR count). The van der Waals surface area contributed by atoms with E-state index in [2.05, 4.69) is 15.8 Å². The zero-order valence-electron chi connectivity index (χ0n) is 13.8. The molecule has 2 aromatic carbocycles. The van der Waals surface area contributed by atoms with E-state index in [4.69, 9.17) is 21.7 Å². The number of nitrogens with zero attached hydrogens (tertiary/aromatic N) is 1. The molecule has 0 spiro atoms. The summed E-state index contributed by atoms with van der Waals surface area (Å²) in [6.45, 7) is 3.19. The third kappa shape index (κ3) is 5.55. The summed E-state index contributed by atoms with van der Waals surface area (Å²) >= 11 is 5.05. The molecule has 126 valence electrons. The van der Waals surface area contributed by atoms with Gasteiger partial charge >= 0.3 is 0 Å². The number of thiocarbonyl (C=S) groups is 1. The Kier molecular flexibility index (Phi) is 7.04. The van der Waals surface area contributed by atoms with Gasteiger partial charge in [-0.2, -0.15) is 5.10 Å². The highest BCUT2D eigenvalue weighted by molar-refractivity contribution is 7.80. The van der Waals surface area contributed by atoms with Crippen molar-refractivity contribution < 1.29 is 9.47 Å². The predicted molar refractivity (Wildman–Crippen MR) is 101 cm³/mol. The van der Waals surface area contributed by atoms with Gasteiger partial charge in [0.2, 0.25) is 0 Å². The molecule has 5 nitrogen and oxygen atoms in total. The first-order valence-electron chi connectivity index (χ1n) is 7.64. The van der Waals surface area contributed by atoms with Gasteiger partial charge in [0.25, 0.3) is 0 Å². The van der Waals surface area contributed by atoms with Crippen molar-refractivity contribution in [2.24, 2.45) is 5.10 Å². The SMILES string of the molecule is CCNC(=S)N/N=C/c1ccc(OC)c(OCc2ccccc2)c1. The Bertz CT molecular complexity index is 690. The average molecular weight is 343 g/mol. The Hall–Kier alpha value is -2.60. The fourth-order valence-electron chi connectivity index (χ4n) is 1.99. The van der Waals surface area contributed by atoms with E-state index in [-0.39, 0.29) is 0 Å². The number of rotatable bonds is 7. The summed E-state index contributed by atoms with van der Waals surface area (Å²) in [5, 5.41) is 7.55. The summed E-state index contributed by atoms with van der Waals surface area (Å²) in [5.41, 5.74) is 4.73. The largest absolute Gasteiger partial charge is 0.493 e. The van der Waals surface area contributed by atoms with Crippen molar-refractivity contribution in [1.29, 1.82) is 0 Å². The van der Waals surface area contributed by atoms with Crippen LogP contribution < -0.4 is 20.2 Å². The highest BCUT2D eigenvalue weighted by Gasteiger charge is 2.05. The first kappa shape index (κ1) is 17.7. The van der Waals surface area contributed by atoms with E-state index in [0.717, 1.165) is 17.7 Å². The molecule has 24 heavy (non-hydrogen) atoms. The zero-order chi connectivity index (χ0) is 17.2. The van der Waals surface area contributed by atoms with Crippen molar-refractivity contribution in [3.8, 4) is 11.5 Å². The topological polar surface area (TPSA) is 54.9 Å². The lowest BCUT2D eigenvalue weighted by Gasteiger charge is -2.11. The van der Waals surface area contributed by atoms with Crippen LogP contribution in [0.1, 0.15) is 18.1 Å². The number of benzene rings is 2. The van der Waals surface area contributed by atoms with Crippen LogP contribution in [0.15, 0.2) is 53.6 Å². The maximum absolute atomic E-state index is 5.88. The van der Waals surface area contributed by atoms with E-state index in [1.165, 1.54) is 0 Å². The van der Waals surface area contributed by atoms with Crippen LogP contribution in [-0.4, -0.2) is 25.0 Å². The number of ether oxygens (including phenoxy) is 2. The molecule has 0 heterocycles. The lowest BCUT2D eigenvalue weighted by atomic mass is 10.2. The van der Waals surface area contributed by atoms with Crippen LogP contribution in [0.4, 0.5) is 0 Å². The molecular weight excluding hydrogens is 322 g/mol. The van der Waals surface area contributed by atoms with Crippen LogP contribution in [0.5, 0.6) is 11.5 Å². The van der Waals surface area contributed by atoms with Crippen LogP contribution in [0.25, 0.3) is 0 Å². The maximum Gasteiger partial charge on any atom is 0.186 e. The normalized spacial score (nSPS) is 10.4. The molecule has 0 aliphatic carbocycles. The molecule has 0 aliphatic rings. The van der Waals surface area contributed by atoms with Gasteiger partial charge in [-0.1, -0.05) is 30.3 Å². The van der Waals surface area contributed by atoms with Crippen LogP contribution in [0.3, 0.4) is 0 Å². The number of nitrogens with one attached hydrogen (secondary N) is 2. The molecule has 0 fully saturated rings. The van der Waals surface area contributed by atoms with Gasteiger partial charge in [-0.3, -0.25) is 5.43 Å². The Morgan fingerprint density at radius 1 is 1.17 bits per heavy atom. The molecule has 6 heteroatoms. The van der Waals surface area contributed by atoms with Crippen molar-refractivity contribution in [2.45, 2.75) is 13.5 Å². The van der Waals surface area contributed by atoms with Gasteiger partial charge in [0.15, 0.2) is 16.6 Å². The fraction of sp³-hybridized carbons (Fsp3) is 0.222. The Morgan fingerprint density at radius 2 is 1.96 bits per heavy atom. The summed E-state index contributed by atoms with van der Waals surface area (Å²) in [5.74, 6) is 1.35.